The lowest BCUT2D eigenvalue weighted by atomic mass is 10.2. The van der Waals surface area contributed by atoms with E-state index in [9.17, 15) is 9.59 Å². The zero-order valence-electron chi connectivity index (χ0n) is 16.6. The minimum atomic E-state index is -1.26. The smallest absolute Gasteiger partial charge is 0.350 e. The van der Waals surface area contributed by atoms with Crippen molar-refractivity contribution in [1.82, 2.24) is 0 Å². The van der Waals surface area contributed by atoms with Crippen molar-refractivity contribution >= 4 is 17.6 Å². The Kier molecular flexibility index (Phi) is 6.07. The second-order valence-electron chi connectivity index (χ2n) is 6.77. The summed E-state index contributed by atoms with van der Waals surface area (Å²) in [5, 5.41) is 2.93. The quantitative estimate of drug-likeness (QED) is 0.432. The molecule has 0 spiro atoms. The van der Waals surface area contributed by atoms with Gasteiger partial charge in [-0.1, -0.05) is 12.1 Å². The van der Waals surface area contributed by atoms with Crippen LogP contribution in [0, 0.1) is 0 Å². The van der Waals surface area contributed by atoms with E-state index < -0.39 is 17.7 Å². The number of hydrogen-bond acceptors (Lipinski definition) is 7. The van der Waals surface area contributed by atoms with Crippen molar-refractivity contribution in [3.05, 3.63) is 65.9 Å². The van der Waals surface area contributed by atoms with Gasteiger partial charge in [0.05, 0.1) is 6.61 Å². The summed E-state index contributed by atoms with van der Waals surface area (Å²) in [5.74, 6) is -1.20. The number of hydrogen-bond donors (Lipinski definition) is 1. The van der Waals surface area contributed by atoms with E-state index in [2.05, 4.69) is 5.32 Å². The number of carbonyl (C=O) groups is 2. The molecule has 2 aromatic rings. The van der Waals surface area contributed by atoms with Gasteiger partial charge in [-0.15, -0.1) is 0 Å². The molecule has 0 saturated carbocycles. The zero-order valence-corrected chi connectivity index (χ0v) is 16.6. The summed E-state index contributed by atoms with van der Waals surface area (Å²) in [5.41, 5.74) is 1.41. The Hall–Kier alpha value is -3.48. The summed E-state index contributed by atoms with van der Waals surface area (Å²) in [6.45, 7) is 5.91. The van der Waals surface area contributed by atoms with Gasteiger partial charge in [0.15, 0.2) is 5.57 Å². The lowest BCUT2D eigenvalue weighted by molar-refractivity contribution is -0.222. The van der Waals surface area contributed by atoms with E-state index in [1.54, 1.807) is 6.07 Å². The number of rotatable bonds is 7. The van der Waals surface area contributed by atoms with Crippen LogP contribution in [0.4, 0.5) is 5.69 Å². The number of carbonyl (C=O) groups excluding carboxylic acids is 2. The van der Waals surface area contributed by atoms with Crippen LogP contribution in [0.15, 0.2) is 60.3 Å². The molecule has 7 heteroatoms. The summed E-state index contributed by atoms with van der Waals surface area (Å²) in [7, 11) is 0. The SMILES string of the molecule is CCOc1ccc(OCc2cccc(NC=C3C(=O)OC(C)(C)OC3=O)c2)cc1. The molecule has 0 bridgehead atoms. The number of ether oxygens (including phenoxy) is 4. The molecule has 1 aliphatic heterocycles. The monoisotopic (exact) mass is 397 g/mol. The topological polar surface area (TPSA) is 83.1 Å². The number of cyclic esters (lactones) is 2. The molecule has 152 valence electrons. The molecule has 1 saturated heterocycles. The van der Waals surface area contributed by atoms with Crippen LogP contribution in [0.5, 0.6) is 11.5 Å². The van der Waals surface area contributed by atoms with E-state index in [0.29, 0.717) is 18.9 Å². The first kappa shape index (κ1) is 20.3. The summed E-state index contributed by atoms with van der Waals surface area (Å²) in [6.07, 6.45) is 1.28. The third-order valence-corrected chi connectivity index (χ3v) is 3.97. The third-order valence-electron chi connectivity index (χ3n) is 3.97. The van der Waals surface area contributed by atoms with E-state index in [0.717, 1.165) is 17.1 Å². The molecule has 0 unspecified atom stereocenters. The maximum Gasteiger partial charge on any atom is 0.350 e. The predicted octanol–water partition coefficient (Wildman–Crippen LogP) is 3.80. The van der Waals surface area contributed by atoms with Crippen LogP contribution in [0.3, 0.4) is 0 Å². The van der Waals surface area contributed by atoms with Crippen molar-refractivity contribution in [1.29, 1.82) is 0 Å². The Balaban J connectivity index is 1.61. The second kappa shape index (κ2) is 8.68. The maximum atomic E-state index is 12.0. The lowest BCUT2D eigenvalue weighted by Gasteiger charge is -2.29. The molecule has 0 aliphatic carbocycles. The molecule has 29 heavy (non-hydrogen) atoms. The van der Waals surface area contributed by atoms with Gasteiger partial charge in [0.2, 0.25) is 0 Å². The average Bonchev–Trinajstić information content (AvgIpc) is 2.66. The molecular weight excluding hydrogens is 374 g/mol. The first-order chi connectivity index (χ1) is 13.9. The lowest BCUT2D eigenvalue weighted by Crippen LogP contribution is -2.42. The Morgan fingerprint density at radius 2 is 1.59 bits per heavy atom. The fourth-order valence-corrected chi connectivity index (χ4v) is 2.65. The second-order valence-corrected chi connectivity index (χ2v) is 6.77. The number of benzene rings is 2. The maximum absolute atomic E-state index is 12.0. The van der Waals surface area contributed by atoms with Gasteiger partial charge in [0.1, 0.15) is 18.1 Å². The standard InChI is InChI=1S/C22H23NO6/c1-4-26-17-8-10-18(11-9-17)27-14-15-6-5-7-16(12-15)23-13-19-20(24)28-22(2,3)29-21(19)25/h5-13,23H,4,14H2,1-3H3. The summed E-state index contributed by atoms with van der Waals surface area (Å²) >= 11 is 0. The first-order valence-electron chi connectivity index (χ1n) is 9.24. The third kappa shape index (κ3) is 5.51. The van der Waals surface area contributed by atoms with Crippen LogP contribution in [-0.2, 0) is 25.7 Å². The Labute approximate surface area is 169 Å². The first-order valence-corrected chi connectivity index (χ1v) is 9.24. The van der Waals surface area contributed by atoms with Crippen molar-refractivity contribution < 1.29 is 28.5 Å². The molecule has 0 radical (unpaired) electrons. The largest absolute Gasteiger partial charge is 0.494 e. The van der Waals surface area contributed by atoms with Crippen molar-refractivity contribution in [2.75, 3.05) is 11.9 Å². The molecule has 3 rings (SSSR count). The molecule has 0 aromatic heterocycles. The van der Waals surface area contributed by atoms with Gasteiger partial charge >= 0.3 is 11.9 Å². The highest BCUT2D eigenvalue weighted by molar-refractivity contribution is 6.15. The Morgan fingerprint density at radius 1 is 0.966 bits per heavy atom. The normalized spacial score (nSPS) is 15.2. The molecule has 1 heterocycles. The van der Waals surface area contributed by atoms with Crippen molar-refractivity contribution in [2.45, 2.75) is 33.2 Å². The van der Waals surface area contributed by atoms with Gasteiger partial charge in [0, 0.05) is 25.7 Å². The van der Waals surface area contributed by atoms with Crippen LogP contribution in [0.1, 0.15) is 26.3 Å². The van der Waals surface area contributed by atoms with Crippen molar-refractivity contribution in [3.63, 3.8) is 0 Å². The molecule has 0 atom stereocenters. The highest BCUT2D eigenvalue weighted by atomic mass is 16.7. The van der Waals surface area contributed by atoms with Gasteiger partial charge < -0.3 is 24.3 Å². The molecule has 0 amide bonds. The van der Waals surface area contributed by atoms with Crippen LogP contribution in [0.2, 0.25) is 0 Å². The summed E-state index contributed by atoms with van der Waals surface area (Å²) in [6, 6.07) is 14.8. The van der Waals surface area contributed by atoms with Crippen LogP contribution < -0.4 is 14.8 Å². The fourth-order valence-electron chi connectivity index (χ4n) is 2.65. The highest BCUT2D eigenvalue weighted by Crippen LogP contribution is 2.23. The molecule has 1 aliphatic rings. The number of nitrogens with one attached hydrogen (secondary N) is 1. The number of esters is 2. The molecule has 7 nitrogen and oxygen atoms in total. The Bertz CT molecular complexity index is 895. The van der Waals surface area contributed by atoms with Crippen molar-refractivity contribution in [3.8, 4) is 11.5 Å². The van der Waals surface area contributed by atoms with E-state index in [1.165, 1.54) is 20.0 Å². The molecule has 1 N–H and O–H groups in total. The zero-order chi connectivity index (χ0) is 20.9. The van der Waals surface area contributed by atoms with Gasteiger partial charge in [-0.3, -0.25) is 0 Å². The summed E-state index contributed by atoms with van der Waals surface area (Å²) < 4.78 is 21.3. The number of anilines is 1. The average molecular weight is 397 g/mol. The van der Waals surface area contributed by atoms with Crippen LogP contribution in [0.25, 0.3) is 0 Å². The van der Waals surface area contributed by atoms with Crippen molar-refractivity contribution in [2.24, 2.45) is 0 Å². The van der Waals surface area contributed by atoms with Crippen LogP contribution >= 0.6 is 0 Å². The van der Waals surface area contributed by atoms with Gasteiger partial charge in [-0.05, 0) is 48.9 Å². The molecule has 2 aromatic carbocycles. The van der Waals surface area contributed by atoms with E-state index >= 15 is 0 Å². The molecular formula is C22H23NO6. The van der Waals surface area contributed by atoms with Crippen LogP contribution in [-0.4, -0.2) is 24.3 Å². The molecule has 1 fully saturated rings. The minimum absolute atomic E-state index is 0.194. The van der Waals surface area contributed by atoms with E-state index in [4.69, 9.17) is 18.9 Å². The van der Waals surface area contributed by atoms with E-state index in [1.807, 2.05) is 49.4 Å². The fraction of sp³-hybridized carbons (Fsp3) is 0.273. The summed E-state index contributed by atoms with van der Waals surface area (Å²) in [4.78, 5) is 23.9. The van der Waals surface area contributed by atoms with Gasteiger partial charge in [-0.25, -0.2) is 9.59 Å². The van der Waals surface area contributed by atoms with E-state index in [-0.39, 0.29) is 5.57 Å². The predicted molar refractivity (Wildman–Crippen MR) is 106 cm³/mol. The highest BCUT2D eigenvalue weighted by Gasteiger charge is 2.38. The van der Waals surface area contributed by atoms with Gasteiger partial charge in [-0.2, -0.15) is 0 Å². The van der Waals surface area contributed by atoms with Gasteiger partial charge in [0.25, 0.3) is 5.79 Å². The minimum Gasteiger partial charge on any atom is -0.494 e. The Morgan fingerprint density at radius 3 is 2.21 bits per heavy atom.